The van der Waals surface area contributed by atoms with Gasteiger partial charge in [0.05, 0.1) is 22.3 Å². The highest BCUT2D eigenvalue weighted by Crippen LogP contribution is 2.32. The molecule has 4 aromatic rings. The third-order valence-corrected chi connectivity index (χ3v) is 7.19. The first-order valence-corrected chi connectivity index (χ1v) is 12.3. The Morgan fingerprint density at radius 3 is 1.32 bits per heavy atom. The fraction of sp³-hybridized carbons (Fsp3) is 0.125. The summed E-state index contributed by atoms with van der Waals surface area (Å²) in [6, 6.07) is 16.6. The molecule has 0 unspecified atom stereocenters. The lowest BCUT2D eigenvalue weighted by molar-refractivity contribution is 0.0684. The Balaban J connectivity index is 0.000000188. The quantitative estimate of drug-likeness (QED) is 0.214. The molecule has 0 amide bonds. The molecule has 202 valence electrons. The second-order valence-electron chi connectivity index (χ2n) is 9.64. The zero-order chi connectivity index (χ0) is 29.5. The molecule has 4 aromatic carbocycles. The van der Waals surface area contributed by atoms with Crippen LogP contribution in [0.2, 0.25) is 0 Å². The monoisotopic (exact) mass is 538 g/mol. The zero-order valence-corrected chi connectivity index (χ0v) is 22.2. The van der Waals surface area contributed by atoms with Gasteiger partial charge in [-0.25, -0.2) is 19.2 Å². The lowest BCUT2D eigenvalue weighted by Crippen LogP contribution is -2.06. The Hall–Kier alpha value is -5.24. The molecule has 1 aliphatic rings. The van der Waals surface area contributed by atoms with Crippen molar-refractivity contribution in [3.05, 3.63) is 126 Å². The summed E-state index contributed by atoms with van der Waals surface area (Å²) in [5, 5.41) is 39.7. The van der Waals surface area contributed by atoms with E-state index in [9.17, 15) is 24.3 Å². The fourth-order valence-corrected chi connectivity index (χ4v) is 5.00. The molecule has 8 nitrogen and oxygen atoms in total. The number of carboxylic acid groups (broad SMARTS) is 4. The highest BCUT2D eigenvalue weighted by Gasteiger charge is 2.18. The maximum absolute atomic E-state index is 11.4. The molecule has 0 fully saturated rings. The maximum Gasteiger partial charge on any atom is 0.336 e. The van der Waals surface area contributed by atoms with Crippen LogP contribution in [-0.2, 0) is 0 Å². The van der Waals surface area contributed by atoms with E-state index >= 15 is 0 Å². The van der Waals surface area contributed by atoms with Crippen molar-refractivity contribution in [1.82, 2.24) is 0 Å². The van der Waals surface area contributed by atoms with E-state index in [2.05, 4.69) is 0 Å². The summed E-state index contributed by atoms with van der Waals surface area (Å²) in [7, 11) is 0. The van der Waals surface area contributed by atoms with E-state index in [4.69, 9.17) is 15.3 Å². The van der Waals surface area contributed by atoms with Crippen molar-refractivity contribution in [2.24, 2.45) is 0 Å². The molecule has 0 spiro atoms. The van der Waals surface area contributed by atoms with Crippen LogP contribution in [0.25, 0.3) is 11.1 Å². The zero-order valence-electron chi connectivity index (χ0n) is 22.2. The molecule has 0 aromatic heterocycles. The molecule has 0 saturated carbocycles. The number of benzene rings is 4. The summed E-state index contributed by atoms with van der Waals surface area (Å²) in [5.74, 6) is -3.86. The van der Waals surface area contributed by atoms with E-state index in [1.165, 1.54) is 0 Å². The average molecular weight is 539 g/mol. The molecule has 0 heterocycles. The smallest absolute Gasteiger partial charge is 0.336 e. The molecule has 0 radical (unpaired) electrons. The predicted octanol–water partition coefficient (Wildman–Crippen LogP) is 5.95. The van der Waals surface area contributed by atoms with Gasteiger partial charge in [-0.05, 0) is 118 Å². The van der Waals surface area contributed by atoms with Gasteiger partial charge in [0, 0.05) is 0 Å². The van der Waals surface area contributed by atoms with Crippen LogP contribution in [0.1, 0.15) is 63.7 Å². The Bertz CT molecular complexity index is 1880. The maximum atomic E-state index is 11.4. The normalized spacial score (nSPS) is 10.8. The first-order chi connectivity index (χ1) is 18.8. The molecular formula is C32H26O8. The second kappa shape index (κ2) is 10.5. The summed E-state index contributed by atoms with van der Waals surface area (Å²) in [5.41, 5.74) is 6.05. The fourth-order valence-electron chi connectivity index (χ4n) is 5.00. The first kappa shape index (κ1) is 27.8. The third kappa shape index (κ3) is 4.94. The Morgan fingerprint density at radius 2 is 0.900 bits per heavy atom. The molecule has 5 rings (SSSR count). The summed E-state index contributed by atoms with van der Waals surface area (Å²) < 4.78 is 0. The van der Waals surface area contributed by atoms with Crippen LogP contribution in [0.4, 0.5) is 0 Å². The van der Waals surface area contributed by atoms with Gasteiger partial charge in [0.15, 0.2) is 0 Å². The number of fused-ring (bicyclic) bond motifs is 2. The molecular weight excluding hydrogens is 512 g/mol. The molecule has 0 saturated heterocycles. The average Bonchev–Trinajstić information content (AvgIpc) is 2.89. The minimum Gasteiger partial charge on any atom is -0.478 e. The van der Waals surface area contributed by atoms with Gasteiger partial charge in [-0.1, -0.05) is 24.3 Å². The number of hydrogen-bond acceptors (Lipinski definition) is 4. The van der Waals surface area contributed by atoms with Gasteiger partial charge >= 0.3 is 23.9 Å². The summed E-state index contributed by atoms with van der Waals surface area (Å²) in [4.78, 5) is 44.2. The van der Waals surface area contributed by atoms with Crippen LogP contribution < -0.4 is 0 Å². The van der Waals surface area contributed by atoms with E-state index in [-0.39, 0.29) is 16.7 Å². The molecule has 0 atom stereocenters. The van der Waals surface area contributed by atoms with Crippen LogP contribution in [0.3, 0.4) is 0 Å². The largest absolute Gasteiger partial charge is 0.478 e. The van der Waals surface area contributed by atoms with Crippen molar-refractivity contribution >= 4 is 23.9 Å². The minimum atomic E-state index is -0.986. The highest BCUT2D eigenvalue weighted by atomic mass is 16.4. The molecule has 40 heavy (non-hydrogen) atoms. The Labute approximate surface area is 228 Å². The van der Waals surface area contributed by atoms with Crippen molar-refractivity contribution in [3.8, 4) is 11.1 Å². The molecule has 0 bridgehead atoms. The van der Waals surface area contributed by atoms with Crippen LogP contribution >= 0.6 is 0 Å². The van der Waals surface area contributed by atoms with Crippen molar-refractivity contribution in [2.75, 3.05) is 0 Å². The van der Waals surface area contributed by atoms with Gasteiger partial charge in [-0.2, -0.15) is 0 Å². The van der Waals surface area contributed by atoms with Gasteiger partial charge in [-0.15, -0.1) is 0 Å². The number of rotatable bonds is 5. The van der Waals surface area contributed by atoms with Crippen LogP contribution in [0.15, 0.2) is 60.7 Å². The molecule has 0 aliphatic heterocycles. The van der Waals surface area contributed by atoms with Crippen LogP contribution in [0, 0.1) is 48.6 Å². The Morgan fingerprint density at radius 1 is 0.450 bits per heavy atom. The van der Waals surface area contributed by atoms with E-state index < -0.39 is 23.9 Å². The van der Waals surface area contributed by atoms with Crippen molar-refractivity contribution in [2.45, 2.75) is 27.7 Å². The predicted molar refractivity (Wildman–Crippen MR) is 147 cm³/mol. The van der Waals surface area contributed by atoms with Gasteiger partial charge in [0.2, 0.25) is 0 Å². The SMILES string of the molecule is Cc1cc(C(=O)O)ccc1-c1cc(C)c(C(=O)O)c(C)c1C.O=C(O)c1ccc2c(c1)=c1cc(C(=O)O)ccc1=2. The van der Waals surface area contributed by atoms with E-state index in [1.54, 1.807) is 68.4 Å². The number of aromatic carboxylic acids is 4. The number of aryl methyl sites for hydroxylation is 2. The minimum absolute atomic E-state index is 0.208. The first-order valence-electron chi connectivity index (χ1n) is 12.3. The number of carboxylic acids is 4. The van der Waals surface area contributed by atoms with Gasteiger partial charge < -0.3 is 20.4 Å². The van der Waals surface area contributed by atoms with Crippen LogP contribution in [0.5, 0.6) is 0 Å². The Kier molecular flexibility index (Phi) is 7.29. The van der Waals surface area contributed by atoms with Crippen molar-refractivity contribution in [1.29, 1.82) is 0 Å². The number of hydrogen-bond donors (Lipinski definition) is 4. The van der Waals surface area contributed by atoms with E-state index in [1.807, 2.05) is 19.9 Å². The van der Waals surface area contributed by atoms with Crippen molar-refractivity contribution < 1.29 is 39.6 Å². The lowest BCUT2D eigenvalue weighted by Gasteiger charge is -2.16. The topological polar surface area (TPSA) is 149 Å². The van der Waals surface area contributed by atoms with E-state index in [0.717, 1.165) is 48.7 Å². The lowest BCUT2D eigenvalue weighted by atomic mass is 9.88. The highest BCUT2D eigenvalue weighted by molar-refractivity contribution is 5.94. The van der Waals surface area contributed by atoms with Crippen LogP contribution in [-0.4, -0.2) is 44.3 Å². The summed E-state index contributed by atoms with van der Waals surface area (Å²) >= 11 is 0. The molecule has 4 N–H and O–H groups in total. The van der Waals surface area contributed by atoms with Crippen molar-refractivity contribution in [3.63, 3.8) is 0 Å². The standard InChI is InChI=1S/C18H18O4.C14H8O4/c1-9-7-13(17(19)20)5-6-14(9)15-8-10(2)16(18(21)22)12(4)11(15)3;15-13(16)7-1-3-9-10-4-2-8(14(17)18)6-12(10)11(9)5-7/h5-8H,1-4H3,(H,19,20)(H,21,22);1-6H,(H,15,16)(H,17,18). The van der Waals surface area contributed by atoms with Gasteiger partial charge in [0.25, 0.3) is 0 Å². The van der Waals surface area contributed by atoms with Gasteiger partial charge in [0.1, 0.15) is 0 Å². The van der Waals surface area contributed by atoms with Gasteiger partial charge in [-0.3, -0.25) is 0 Å². The second-order valence-corrected chi connectivity index (χ2v) is 9.64. The molecule has 8 heteroatoms. The van der Waals surface area contributed by atoms with E-state index in [0.29, 0.717) is 11.1 Å². The number of carbonyl (C=O) groups is 4. The summed E-state index contributed by atoms with van der Waals surface area (Å²) in [6.45, 7) is 7.33. The molecule has 1 aliphatic carbocycles. The third-order valence-electron chi connectivity index (χ3n) is 7.19. The summed E-state index contributed by atoms with van der Waals surface area (Å²) in [6.07, 6.45) is 0.